The van der Waals surface area contributed by atoms with Crippen LogP contribution in [0.4, 0.5) is 0 Å². The fraction of sp³-hybridized carbons (Fsp3) is 0.300. The first-order valence-corrected chi connectivity index (χ1v) is 4.41. The Morgan fingerprint density at radius 3 is 2.50 bits per heavy atom. The van der Waals surface area contributed by atoms with Crippen molar-refractivity contribution >= 4 is 17.6 Å². The zero-order valence-corrected chi connectivity index (χ0v) is 9.01. The Morgan fingerprint density at radius 2 is 2.00 bits per heavy atom. The summed E-state index contributed by atoms with van der Waals surface area (Å²) in [5.74, 6) is 0.0333. The molecule has 3 nitrogen and oxygen atoms in total. The first-order valence-electron chi connectivity index (χ1n) is 4.03. The van der Waals surface area contributed by atoms with Crippen molar-refractivity contribution in [3.05, 3.63) is 28.3 Å². The molecule has 0 saturated carbocycles. The number of hydrogen-bond donors (Lipinski definition) is 0. The third kappa shape index (κ3) is 1.82. The van der Waals surface area contributed by atoms with Gasteiger partial charge in [-0.3, -0.25) is 0 Å². The van der Waals surface area contributed by atoms with Crippen LogP contribution in [-0.2, 0) is 4.74 Å². The monoisotopic (exact) mass is 214 g/mol. The molecule has 0 aliphatic heterocycles. The minimum atomic E-state index is -0.429. The van der Waals surface area contributed by atoms with Gasteiger partial charge in [0.1, 0.15) is 11.3 Å². The smallest absolute Gasteiger partial charge is 0.341 e. The Balaban J connectivity index is 3.31. The summed E-state index contributed by atoms with van der Waals surface area (Å²) >= 11 is 5.88. The van der Waals surface area contributed by atoms with Crippen molar-refractivity contribution in [1.82, 2.24) is 0 Å². The van der Waals surface area contributed by atoms with Gasteiger partial charge in [-0.15, -0.1) is 0 Å². The molecule has 0 unspecified atom stereocenters. The summed E-state index contributed by atoms with van der Waals surface area (Å²) in [6, 6.07) is 3.23. The molecule has 0 fully saturated rings. The summed E-state index contributed by atoms with van der Waals surface area (Å²) in [7, 11) is 2.82. The molecule has 0 aliphatic carbocycles. The molecule has 4 heteroatoms. The number of methoxy groups -OCH3 is 2. The van der Waals surface area contributed by atoms with Crippen molar-refractivity contribution in [2.24, 2.45) is 0 Å². The average molecular weight is 215 g/mol. The number of halogens is 1. The highest BCUT2D eigenvalue weighted by molar-refractivity contribution is 6.31. The number of carbonyl (C=O) groups is 1. The molecular formula is C10H11ClO3. The maximum atomic E-state index is 11.3. The second kappa shape index (κ2) is 4.33. The Hall–Kier alpha value is -1.22. The van der Waals surface area contributed by atoms with E-state index in [1.54, 1.807) is 19.1 Å². The van der Waals surface area contributed by atoms with Gasteiger partial charge in [0.15, 0.2) is 0 Å². The summed E-state index contributed by atoms with van der Waals surface area (Å²) in [5.41, 5.74) is 1.12. The van der Waals surface area contributed by atoms with Crippen LogP contribution in [0.1, 0.15) is 15.9 Å². The number of carbonyl (C=O) groups excluding carboxylic acids is 1. The van der Waals surface area contributed by atoms with Gasteiger partial charge < -0.3 is 9.47 Å². The minimum absolute atomic E-state index is 0.386. The molecule has 0 amide bonds. The molecular weight excluding hydrogens is 204 g/mol. The second-order valence-corrected chi connectivity index (χ2v) is 3.15. The summed E-state index contributed by atoms with van der Waals surface area (Å²) in [5, 5.41) is 0.564. The van der Waals surface area contributed by atoms with E-state index >= 15 is 0 Å². The van der Waals surface area contributed by atoms with E-state index in [2.05, 4.69) is 4.74 Å². The highest BCUT2D eigenvalue weighted by atomic mass is 35.5. The van der Waals surface area contributed by atoms with Gasteiger partial charge in [-0.2, -0.15) is 0 Å². The van der Waals surface area contributed by atoms with Crippen LogP contribution in [0.3, 0.4) is 0 Å². The molecule has 0 spiro atoms. The summed E-state index contributed by atoms with van der Waals surface area (Å²) in [6.45, 7) is 1.79. The molecule has 1 aromatic carbocycles. The van der Waals surface area contributed by atoms with E-state index in [0.29, 0.717) is 16.3 Å². The number of ether oxygens (including phenoxy) is 2. The quantitative estimate of drug-likeness (QED) is 0.710. The van der Waals surface area contributed by atoms with Gasteiger partial charge in [-0.1, -0.05) is 11.6 Å². The Labute approximate surface area is 87.6 Å². The van der Waals surface area contributed by atoms with Gasteiger partial charge in [0, 0.05) is 10.6 Å². The Bertz CT molecular complexity index is 361. The predicted molar refractivity (Wildman–Crippen MR) is 54.1 cm³/mol. The van der Waals surface area contributed by atoms with Crippen molar-refractivity contribution in [1.29, 1.82) is 0 Å². The fourth-order valence-corrected chi connectivity index (χ4v) is 1.35. The number of benzene rings is 1. The van der Waals surface area contributed by atoms with E-state index < -0.39 is 5.97 Å². The molecule has 0 N–H and O–H groups in total. The molecule has 0 heterocycles. The Morgan fingerprint density at radius 1 is 1.36 bits per heavy atom. The van der Waals surface area contributed by atoms with Crippen molar-refractivity contribution in [3.8, 4) is 5.75 Å². The third-order valence-electron chi connectivity index (χ3n) is 1.95. The van der Waals surface area contributed by atoms with Crippen LogP contribution in [0.2, 0.25) is 5.02 Å². The van der Waals surface area contributed by atoms with Crippen LogP contribution >= 0.6 is 11.6 Å². The third-order valence-corrected chi connectivity index (χ3v) is 2.36. The molecule has 1 rings (SSSR count). The van der Waals surface area contributed by atoms with Crippen molar-refractivity contribution < 1.29 is 14.3 Å². The van der Waals surface area contributed by atoms with E-state index in [-0.39, 0.29) is 0 Å². The summed E-state index contributed by atoms with van der Waals surface area (Å²) < 4.78 is 9.71. The maximum Gasteiger partial charge on any atom is 0.341 e. The lowest BCUT2D eigenvalue weighted by molar-refractivity contribution is 0.0597. The SMILES string of the molecule is COC(=O)c1ccc(Cl)c(C)c1OC. The van der Waals surface area contributed by atoms with Crippen LogP contribution in [0, 0.1) is 6.92 Å². The molecule has 76 valence electrons. The molecule has 0 aliphatic rings. The van der Waals surface area contributed by atoms with Gasteiger partial charge in [0.05, 0.1) is 14.2 Å². The van der Waals surface area contributed by atoms with Crippen LogP contribution in [0.15, 0.2) is 12.1 Å². The molecule has 0 atom stereocenters. The van der Waals surface area contributed by atoms with E-state index in [0.717, 1.165) is 5.56 Å². The van der Waals surface area contributed by atoms with E-state index in [1.807, 2.05) is 0 Å². The van der Waals surface area contributed by atoms with Crippen molar-refractivity contribution in [2.45, 2.75) is 6.92 Å². The fourth-order valence-electron chi connectivity index (χ4n) is 1.20. The summed E-state index contributed by atoms with van der Waals surface area (Å²) in [4.78, 5) is 11.3. The maximum absolute atomic E-state index is 11.3. The highest BCUT2D eigenvalue weighted by Gasteiger charge is 2.15. The minimum Gasteiger partial charge on any atom is -0.496 e. The first-order chi connectivity index (χ1) is 6.61. The molecule has 0 bridgehead atoms. The van der Waals surface area contributed by atoms with Crippen LogP contribution in [0.25, 0.3) is 0 Å². The molecule has 14 heavy (non-hydrogen) atoms. The van der Waals surface area contributed by atoms with Gasteiger partial charge in [0.25, 0.3) is 0 Å². The predicted octanol–water partition coefficient (Wildman–Crippen LogP) is 2.44. The number of esters is 1. The first kappa shape index (κ1) is 10.9. The van der Waals surface area contributed by atoms with Gasteiger partial charge in [-0.05, 0) is 19.1 Å². The zero-order valence-electron chi connectivity index (χ0n) is 8.26. The zero-order chi connectivity index (χ0) is 10.7. The van der Waals surface area contributed by atoms with Crippen LogP contribution in [0.5, 0.6) is 5.75 Å². The van der Waals surface area contributed by atoms with Gasteiger partial charge in [0.2, 0.25) is 0 Å². The topological polar surface area (TPSA) is 35.5 Å². The Kier molecular flexibility index (Phi) is 3.36. The summed E-state index contributed by atoms with van der Waals surface area (Å²) in [6.07, 6.45) is 0. The van der Waals surface area contributed by atoms with Crippen LogP contribution in [-0.4, -0.2) is 20.2 Å². The van der Waals surface area contributed by atoms with Gasteiger partial charge >= 0.3 is 5.97 Å². The molecule has 0 radical (unpaired) electrons. The average Bonchev–Trinajstić information content (AvgIpc) is 2.20. The van der Waals surface area contributed by atoms with Crippen molar-refractivity contribution in [3.63, 3.8) is 0 Å². The number of rotatable bonds is 2. The molecule has 1 aromatic rings. The molecule has 0 saturated heterocycles. The van der Waals surface area contributed by atoms with Gasteiger partial charge in [-0.25, -0.2) is 4.79 Å². The second-order valence-electron chi connectivity index (χ2n) is 2.74. The standard InChI is InChI=1S/C10H11ClO3/c1-6-8(11)5-4-7(9(6)13-2)10(12)14-3/h4-5H,1-3H3. The van der Waals surface area contributed by atoms with Crippen LogP contribution < -0.4 is 4.74 Å². The lowest BCUT2D eigenvalue weighted by Crippen LogP contribution is -2.05. The lowest BCUT2D eigenvalue weighted by Gasteiger charge is -2.10. The van der Waals surface area contributed by atoms with E-state index in [1.165, 1.54) is 14.2 Å². The normalized spacial score (nSPS) is 9.71. The number of hydrogen-bond acceptors (Lipinski definition) is 3. The highest BCUT2D eigenvalue weighted by Crippen LogP contribution is 2.29. The molecule has 0 aromatic heterocycles. The van der Waals surface area contributed by atoms with E-state index in [4.69, 9.17) is 16.3 Å². The van der Waals surface area contributed by atoms with E-state index in [9.17, 15) is 4.79 Å². The lowest BCUT2D eigenvalue weighted by atomic mass is 10.1. The largest absolute Gasteiger partial charge is 0.496 e. The van der Waals surface area contributed by atoms with Crippen molar-refractivity contribution in [2.75, 3.05) is 14.2 Å².